The number of hydrazine groups is 1. The van der Waals surface area contributed by atoms with Gasteiger partial charge in [0.2, 0.25) is 11.8 Å². The Morgan fingerprint density at radius 2 is 1.74 bits per heavy atom. The molecule has 0 unspecified atom stereocenters. The molecule has 3 amide bonds. The van der Waals surface area contributed by atoms with Crippen LogP contribution in [0.1, 0.15) is 96.2 Å². The lowest BCUT2D eigenvalue weighted by Gasteiger charge is -2.41. The maximum Gasteiger partial charge on any atom is 0.258 e. The number of Topliss-reactive ketones (excluding diaryl/α,β-unsaturated/α-hetero) is 1. The summed E-state index contributed by atoms with van der Waals surface area (Å²) in [7, 11) is 1.63. The third-order valence-electron chi connectivity index (χ3n) is 9.42. The number of benzene rings is 1. The Labute approximate surface area is 256 Å². The molecule has 2 N–H and O–H groups in total. The van der Waals surface area contributed by atoms with E-state index < -0.39 is 18.0 Å². The number of hydrogen-bond acceptors (Lipinski definition) is 6. The molecule has 1 aromatic rings. The predicted molar refractivity (Wildman–Crippen MR) is 166 cm³/mol. The van der Waals surface area contributed by atoms with Crippen LogP contribution in [0.2, 0.25) is 0 Å². The fourth-order valence-electron chi connectivity index (χ4n) is 6.64. The minimum absolute atomic E-state index is 0.0140. The summed E-state index contributed by atoms with van der Waals surface area (Å²) in [6, 6.07) is 7.05. The Morgan fingerprint density at radius 3 is 2.49 bits per heavy atom. The van der Waals surface area contributed by atoms with Gasteiger partial charge in [-0.25, -0.2) is 5.43 Å². The summed E-state index contributed by atoms with van der Waals surface area (Å²) < 4.78 is 5.73. The van der Waals surface area contributed by atoms with Crippen molar-refractivity contribution in [1.82, 2.24) is 20.7 Å². The number of ketones is 1. The van der Waals surface area contributed by atoms with Crippen molar-refractivity contribution in [3.05, 3.63) is 41.5 Å². The van der Waals surface area contributed by atoms with Gasteiger partial charge >= 0.3 is 0 Å². The van der Waals surface area contributed by atoms with Crippen LogP contribution in [-0.4, -0.2) is 71.8 Å². The minimum Gasteiger partial charge on any atom is -0.381 e. The van der Waals surface area contributed by atoms with E-state index in [1.165, 1.54) is 5.01 Å². The lowest BCUT2D eigenvalue weighted by atomic mass is 9.84. The van der Waals surface area contributed by atoms with E-state index in [-0.39, 0.29) is 53.9 Å². The number of fused-ring (bicyclic) bond motifs is 6. The van der Waals surface area contributed by atoms with Crippen molar-refractivity contribution in [2.45, 2.75) is 103 Å². The molecule has 0 saturated carbocycles. The summed E-state index contributed by atoms with van der Waals surface area (Å²) in [5.41, 5.74) is 5.38. The lowest BCUT2D eigenvalue weighted by molar-refractivity contribution is -0.147. The summed E-state index contributed by atoms with van der Waals surface area (Å²) in [4.78, 5) is 56.1. The highest BCUT2D eigenvalue weighted by atomic mass is 16.5. The van der Waals surface area contributed by atoms with Gasteiger partial charge in [0.05, 0.1) is 12.1 Å². The Bertz CT molecular complexity index is 1180. The molecule has 4 rings (SSSR count). The van der Waals surface area contributed by atoms with E-state index in [0.717, 1.165) is 36.8 Å². The number of nitrogens with zero attached hydrogens (tertiary/aromatic N) is 2. The largest absolute Gasteiger partial charge is 0.381 e. The first kappa shape index (κ1) is 32.9. The summed E-state index contributed by atoms with van der Waals surface area (Å²) in [6.45, 7) is 8.52. The molecular weight excluding hydrogens is 544 g/mol. The smallest absolute Gasteiger partial charge is 0.258 e. The van der Waals surface area contributed by atoms with Gasteiger partial charge in [-0.3, -0.25) is 24.2 Å². The molecule has 43 heavy (non-hydrogen) atoms. The standard InChI is InChI=1S/C34H50N4O5/c1-22(2)27-21-30(39)23(3)31(43-5)17-7-6-12-25-13-10-14-26(20-25)29-16-8-9-18-37(29)34(42)28-15-11-19-38(36-28)33(41)24(4)35-32(27)40/h6,10,12-14,20,22-24,27-29,31,36H,7-9,11,15-19,21H2,1-5H3,(H,35,40)/b12-6+/t23-,24-,27-,28-,29+,31+/m0/s1. The van der Waals surface area contributed by atoms with Gasteiger partial charge in [0.1, 0.15) is 17.9 Å². The molecule has 1 aromatic carbocycles. The summed E-state index contributed by atoms with van der Waals surface area (Å²) in [5.74, 6) is -1.61. The van der Waals surface area contributed by atoms with Crippen LogP contribution < -0.4 is 10.7 Å². The molecule has 6 atom stereocenters. The Morgan fingerprint density at radius 1 is 0.953 bits per heavy atom. The molecule has 0 radical (unpaired) electrons. The van der Waals surface area contributed by atoms with Gasteiger partial charge in [0.15, 0.2) is 0 Å². The van der Waals surface area contributed by atoms with Crippen LogP contribution in [0.4, 0.5) is 0 Å². The highest BCUT2D eigenvalue weighted by Gasteiger charge is 2.37. The topological polar surface area (TPSA) is 108 Å². The summed E-state index contributed by atoms with van der Waals surface area (Å²) in [6.07, 6.45) is 9.70. The monoisotopic (exact) mass is 594 g/mol. The van der Waals surface area contributed by atoms with Gasteiger partial charge in [0, 0.05) is 38.5 Å². The molecular formula is C34H50N4O5. The molecule has 0 aliphatic carbocycles. The molecule has 2 fully saturated rings. The van der Waals surface area contributed by atoms with Gasteiger partial charge in [-0.2, -0.15) is 0 Å². The lowest BCUT2D eigenvalue weighted by Crippen LogP contribution is -2.61. The van der Waals surface area contributed by atoms with Crippen molar-refractivity contribution in [2.75, 3.05) is 20.2 Å². The number of methoxy groups -OCH3 is 1. The van der Waals surface area contributed by atoms with Gasteiger partial charge in [-0.1, -0.05) is 51.1 Å². The fourth-order valence-corrected chi connectivity index (χ4v) is 6.64. The predicted octanol–water partition coefficient (Wildman–Crippen LogP) is 4.43. The Hall–Kier alpha value is -3.04. The fraction of sp³-hybridized carbons (Fsp3) is 0.647. The molecule has 0 spiro atoms. The van der Waals surface area contributed by atoms with E-state index in [2.05, 4.69) is 41.1 Å². The number of amides is 3. The first-order valence-corrected chi connectivity index (χ1v) is 16.1. The van der Waals surface area contributed by atoms with E-state index in [1.807, 2.05) is 31.7 Å². The van der Waals surface area contributed by atoms with Crippen molar-refractivity contribution >= 4 is 29.6 Å². The van der Waals surface area contributed by atoms with Crippen molar-refractivity contribution in [3.63, 3.8) is 0 Å². The molecule has 9 nitrogen and oxygen atoms in total. The number of hydrogen-bond donors (Lipinski definition) is 2. The highest BCUT2D eigenvalue weighted by molar-refractivity contribution is 5.92. The van der Waals surface area contributed by atoms with Crippen LogP contribution in [0.15, 0.2) is 30.3 Å². The van der Waals surface area contributed by atoms with E-state index in [0.29, 0.717) is 32.4 Å². The van der Waals surface area contributed by atoms with E-state index in [9.17, 15) is 19.2 Å². The second kappa shape index (κ2) is 15.1. The molecule has 4 bridgehead atoms. The molecule has 3 aliphatic heterocycles. The van der Waals surface area contributed by atoms with E-state index in [4.69, 9.17) is 4.74 Å². The average molecular weight is 595 g/mol. The summed E-state index contributed by atoms with van der Waals surface area (Å²) >= 11 is 0. The maximum atomic E-state index is 13.9. The van der Waals surface area contributed by atoms with Crippen LogP contribution in [0, 0.1) is 17.8 Å². The van der Waals surface area contributed by atoms with Gasteiger partial charge in [-0.15, -0.1) is 0 Å². The van der Waals surface area contributed by atoms with Crippen molar-refractivity contribution in [1.29, 1.82) is 0 Å². The molecule has 2 saturated heterocycles. The zero-order chi connectivity index (χ0) is 31.1. The number of piperidine rings is 1. The minimum atomic E-state index is -0.801. The van der Waals surface area contributed by atoms with E-state index in [1.54, 1.807) is 14.0 Å². The van der Waals surface area contributed by atoms with Crippen molar-refractivity contribution < 1.29 is 23.9 Å². The number of carbonyl (C=O) groups is 4. The van der Waals surface area contributed by atoms with Crippen molar-refractivity contribution in [2.24, 2.45) is 17.8 Å². The zero-order valence-electron chi connectivity index (χ0n) is 26.5. The van der Waals surface area contributed by atoms with Crippen LogP contribution in [-0.2, 0) is 23.9 Å². The Balaban J connectivity index is 1.63. The molecule has 3 heterocycles. The number of carbonyl (C=O) groups excluding carboxylic acids is 4. The molecule has 9 heteroatoms. The molecule has 3 aliphatic rings. The highest BCUT2D eigenvalue weighted by Crippen LogP contribution is 2.33. The summed E-state index contributed by atoms with van der Waals surface area (Å²) in [5, 5.41) is 4.36. The number of ether oxygens (including phenoxy) is 1. The van der Waals surface area contributed by atoms with E-state index >= 15 is 0 Å². The number of rotatable bonds is 2. The van der Waals surface area contributed by atoms with Crippen LogP contribution >= 0.6 is 0 Å². The second-order valence-corrected chi connectivity index (χ2v) is 12.8. The van der Waals surface area contributed by atoms with Gasteiger partial charge < -0.3 is 15.0 Å². The van der Waals surface area contributed by atoms with Gasteiger partial charge in [0.25, 0.3) is 5.91 Å². The zero-order valence-corrected chi connectivity index (χ0v) is 26.5. The quantitative estimate of drug-likeness (QED) is 0.525. The maximum absolute atomic E-state index is 13.9. The van der Waals surface area contributed by atoms with Crippen LogP contribution in [0.5, 0.6) is 0 Å². The third-order valence-corrected chi connectivity index (χ3v) is 9.42. The van der Waals surface area contributed by atoms with Crippen molar-refractivity contribution in [3.8, 4) is 0 Å². The molecule has 0 aromatic heterocycles. The normalized spacial score (nSPS) is 31.1. The van der Waals surface area contributed by atoms with Crippen LogP contribution in [0.25, 0.3) is 6.08 Å². The number of nitrogens with one attached hydrogen (secondary N) is 2. The first-order valence-electron chi connectivity index (χ1n) is 16.1. The third kappa shape index (κ3) is 8.12. The van der Waals surface area contributed by atoms with Crippen LogP contribution in [0.3, 0.4) is 0 Å². The second-order valence-electron chi connectivity index (χ2n) is 12.8. The SMILES string of the molecule is CO[C@@H]1CC/C=C/c2cccc(c2)[C@H]2CCCCN2C(=O)[C@@H]2CCCN(N2)C(=O)[C@H](C)NC(=O)[C@H](C(C)C)CC(=O)[C@@H]1C. The molecule has 236 valence electrons. The average Bonchev–Trinajstić information content (AvgIpc) is 3.02. The first-order chi connectivity index (χ1) is 20.6. The van der Waals surface area contributed by atoms with Gasteiger partial charge in [-0.05, 0) is 75.0 Å². The Kier molecular flexibility index (Phi) is 11.5. The number of allylic oxidation sites excluding steroid dienone is 1.